The van der Waals surface area contributed by atoms with Crippen molar-refractivity contribution in [2.24, 2.45) is 5.73 Å². The molecule has 0 bridgehead atoms. The van der Waals surface area contributed by atoms with Crippen LogP contribution in [0.3, 0.4) is 0 Å². The quantitative estimate of drug-likeness (QED) is 0.846. The number of pyridine rings is 1. The zero-order valence-electron chi connectivity index (χ0n) is 13.0. The number of nitrogens with two attached hydrogens (primary N) is 1. The average Bonchev–Trinajstić information content (AvgIpc) is 2.53. The number of nitrogens with one attached hydrogen (secondary N) is 1. The van der Waals surface area contributed by atoms with E-state index in [0.717, 1.165) is 12.3 Å². The molecule has 24 heavy (non-hydrogen) atoms. The molecule has 0 aromatic carbocycles. The minimum atomic E-state index is -4.41. The molecule has 1 aliphatic heterocycles. The van der Waals surface area contributed by atoms with Crippen LogP contribution in [-0.2, 0) is 11.0 Å². The van der Waals surface area contributed by atoms with Gasteiger partial charge in [0.1, 0.15) is 5.82 Å². The molecule has 0 unspecified atom stereocenters. The highest BCUT2D eigenvalue weighted by molar-refractivity contribution is 5.96. The number of aromatic nitrogens is 1. The largest absolute Gasteiger partial charge is 0.417 e. The van der Waals surface area contributed by atoms with Gasteiger partial charge >= 0.3 is 12.2 Å². The summed E-state index contributed by atoms with van der Waals surface area (Å²) in [4.78, 5) is 30.0. The number of halogens is 3. The predicted molar refractivity (Wildman–Crippen MR) is 80.2 cm³/mol. The van der Waals surface area contributed by atoms with Crippen LogP contribution < -0.4 is 16.0 Å². The Morgan fingerprint density at radius 2 is 1.88 bits per heavy atom. The number of imide groups is 1. The van der Waals surface area contributed by atoms with Crippen molar-refractivity contribution in [2.75, 3.05) is 31.1 Å². The van der Waals surface area contributed by atoms with Crippen LogP contribution in [0.25, 0.3) is 0 Å². The number of carbonyl (C=O) groups is 2. The third-order valence-electron chi connectivity index (χ3n) is 3.89. The van der Waals surface area contributed by atoms with E-state index in [1.807, 2.05) is 15.1 Å². The minimum Gasteiger partial charge on any atom is -0.354 e. The molecular formula is C14H18F3N5O2. The van der Waals surface area contributed by atoms with Crippen molar-refractivity contribution in [2.45, 2.75) is 19.1 Å². The number of rotatable bonds is 3. The molecule has 3 N–H and O–H groups in total. The number of urea groups is 1. The fourth-order valence-electron chi connectivity index (χ4n) is 2.47. The second-order valence-electron chi connectivity index (χ2n) is 5.46. The Bertz CT molecular complexity index is 597. The molecule has 1 atom stereocenters. The van der Waals surface area contributed by atoms with Crippen molar-refractivity contribution in [3.63, 3.8) is 0 Å². The molecule has 1 saturated heterocycles. The van der Waals surface area contributed by atoms with Crippen LogP contribution in [0.15, 0.2) is 18.3 Å². The van der Waals surface area contributed by atoms with Crippen LogP contribution in [0.2, 0.25) is 0 Å². The number of anilines is 1. The molecule has 1 aliphatic rings. The van der Waals surface area contributed by atoms with E-state index in [1.165, 1.54) is 6.07 Å². The van der Waals surface area contributed by atoms with Crippen LogP contribution in [0.4, 0.5) is 23.8 Å². The van der Waals surface area contributed by atoms with E-state index in [4.69, 9.17) is 5.73 Å². The molecule has 3 amide bonds. The summed E-state index contributed by atoms with van der Waals surface area (Å²) in [5, 5.41) is 2.03. The molecule has 132 valence electrons. The van der Waals surface area contributed by atoms with Gasteiger partial charge in [0.2, 0.25) is 5.91 Å². The third kappa shape index (κ3) is 4.34. The highest BCUT2D eigenvalue weighted by Gasteiger charge is 2.31. The van der Waals surface area contributed by atoms with E-state index in [2.05, 4.69) is 4.98 Å². The van der Waals surface area contributed by atoms with Crippen LogP contribution in [-0.4, -0.2) is 54.0 Å². The molecule has 1 aromatic rings. The normalized spacial score (nSPS) is 17.4. The summed E-state index contributed by atoms with van der Waals surface area (Å²) < 4.78 is 37.6. The van der Waals surface area contributed by atoms with Crippen LogP contribution >= 0.6 is 0 Å². The molecule has 2 rings (SSSR count). The Hall–Kier alpha value is -2.36. The zero-order valence-corrected chi connectivity index (χ0v) is 13.0. The molecule has 10 heteroatoms. The van der Waals surface area contributed by atoms with Crippen LogP contribution in [0.1, 0.15) is 12.5 Å². The Kier molecular flexibility index (Phi) is 5.27. The van der Waals surface area contributed by atoms with Crippen molar-refractivity contribution < 1.29 is 22.8 Å². The second kappa shape index (κ2) is 7.04. The molecule has 1 aromatic heterocycles. The molecule has 0 saturated carbocycles. The first-order valence-corrected chi connectivity index (χ1v) is 7.31. The molecule has 2 heterocycles. The van der Waals surface area contributed by atoms with Gasteiger partial charge in [0.25, 0.3) is 0 Å². The summed E-state index contributed by atoms with van der Waals surface area (Å²) in [5.41, 5.74) is 4.13. The molecular weight excluding hydrogens is 327 g/mol. The van der Waals surface area contributed by atoms with Gasteiger partial charge in [-0.2, -0.15) is 13.2 Å². The van der Waals surface area contributed by atoms with Gasteiger partial charge in [-0.3, -0.25) is 15.0 Å². The van der Waals surface area contributed by atoms with Crippen molar-refractivity contribution in [3.05, 3.63) is 23.9 Å². The van der Waals surface area contributed by atoms with Crippen molar-refractivity contribution >= 4 is 17.8 Å². The molecule has 0 spiro atoms. The Balaban J connectivity index is 1.93. The van der Waals surface area contributed by atoms with Gasteiger partial charge in [-0.15, -0.1) is 0 Å². The number of alkyl halides is 3. The van der Waals surface area contributed by atoms with E-state index in [-0.39, 0.29) is 0 Å². The Morgan fingerprint density at radius 1 is 1.25 bits per heavy atom. The maximum Gasteiger partial charge on any atom is 0.417 e. The number of amides is 3. The lowest BCUT2D eigenvalue weighted by molar-refractivity contribution is -0.137. The lowest BCUT2D eigenvalue weighted by Gasteiger charge is -2.37. The van der Waals surface area contributed by atoms with E-state index in [0.29, 0.717) is 32.0 Å². The smallest absolute Gasteiger partial charge is 0.354 e. The number of piperazine rings is 1. The highest BCUT2D eigenvalue weighted by Crippen LogP contribution is 2.29. The zero-order chi connectivity index (χ0) is 17.9. The van der Waals surface area contributed by atoms with Crippen molar-refractivity contribution in [1.82, 2.24) is 15.2 Å². The molecule has 0 radical (unpaired) electrons. The van der Waals surface area contributed by atoms with Gasteiger partial charge in [0.05, 0.1) is 11.6 Å². The molecule has 0 aliphatic carbocycles. The average molecular weight is 345 g/mol. The fourth-order valence-corrected chi connectivity index (χ4v) is 2.47. The van der Waals surface area contributed by atoms with Crippen LogP contribution in [0.5, 0.6) is 0 Å². The SMILES string of the molecule is C[C@@H](C(=O)NC(N)=O)N1CCN(c2ccc(C(F)(F)F)cn2)CC1. The lowest BCUT2D eigenvalue weighted by Crippen LogP contribution is -2.55. The summed E-state index contributed by atoms with van der Waals surface area (Å²) in [7, 11) is 0. The summed E-state index contributed by atoms with van der Waals surface area (Å²) in [5.74, 6) is -0.0273. The van der Waals surface area contributed by atoms with Gasteiger partial charge < -0.3 is 10.6 Å². The first-order valence-electron chi connectivity index (χ1n) is 7.31. The van der Waals surface area contributed by atoms with Gasteiger partial charge in [-0.05, 0) is 19.1 Å². The number of carbonyl (C=O) groups excluding carboxylic acids is 2. The van der Waals surface area contributed by atoms with E-state index in [9.17, 15) is 22.8 Å². The number of nitrogens with zero attached hydrogens (tertiary/aromatic N) is 3. The van der Waals surface area contributed by atoms with Crippen molar-refractivity contribution in [3.8, 4) is 0 Å². The summed E-state index contributed by atoms with van der Waals surface area (Å²) >= 11 is 0. The lowest BCUT2D eigenvalue weighted by atomic mass is 10.2. The van der Waals surface area contributed by atoms with E-state index in [1.54, 1.807) is 6.92 Å². The topological polar surface area (TPSA) is 91.6 Å². The number of hydrogen-bond donors (Lipinski definition) is 2. The Labute approximate surface area is 136 Å². The molecule has 1 fully saturated rings. The number of primary amides is 1. The van der Waals surface area contributed by atoms with Gasteiger partial charge in [0.15, 0.2) is 0 Å². The standard InChI is InChI=1S/C14H18F3N5O2/c1-9(12(23)20-13(18)24)21-4-6-22(7-5-21)11-3-2-10(8-19-11)14(15,16)17/h2-3,8-9H,4-7H2,1H3,(H3,18,20,23,24)/t9-/m0/s1. The Morgan fingerprint density at radius 3 is 2.33 bits per heavy atom. The fraction of sp³-hybridized carbons (Fsp3) is 0.500. The van der Waals surface area contributed by atoms with Crippen molar-refractivity contribution in [1.29, 1.82) is 0 Å². The predicted octanol–water partition coefficient (Wildman–Crippen LogP) is 0.806. The first kappa shape index (κ1) is 18.0. The molecule has 7 nitrogen and oxygen atoms in total. The first-order chi connectivity index (χ1) is 11.2. The third-order valence-corrected chi connectivity index (χ3v) is 3.89. The van der Waals surface area contributed by atoms with Crippen LogP contribution in [0, 0.1) is 0 Å². The summed E-state index contributed by atoms with van der Waals surface area (Å²) in [6.07, 6.45) is -3.60. The maximum absolute atomic E-state index is 12.5. The van der Waals surface area contributed by atoms with Gasteiger partial charge in [-0.1, -0.05) is 0 Å². The second-order valence-corrected chi connectivity index (χ2v) is 5.46. The van der Waals surface area contributed by atoms with Gasteiger partial charge in [0, 0.05) is 32.4 Å². The van der Waals surface area contributed by atoms with E-state index >= 15 is 0 Å². The minimum absolute atomic E-state index is 0.455. The van der Waals surface area contributed by atoms with E-state index < -0.39 is 29.7 Å². The maximum atomic E-state index is 12.5. The summed E-state index contributed by atoms with van der Waals surface area (Å²) in [6.45, 7) is 3.69. The monoisotopic (exact) mass is 345 g/mol. The number of hydrogen-bond acceptors (Lipinski definition) is 5. The highest BCUT2D eigenvalue weighted by atomic mass is 19.4. The summed E-state index contributed by atoms with van der Waals surface area (Å²) in [6, 6.07) is 0.902. The van der Waals surface area contributed by atoms with Gasteiger partial charge in [-0.25, -0.2) is 9.78 Å².